The van der Waals surface area contributed by atoms with Crippen molar-refractivity contribution < 1.29 is 9.59 Å². The van der Waals surface area contributed by atoms with E-state index in [0.29, 0.717) is 23.5 Å². The van der Waals surface area contributed by atoms with Crippen molar-refractivity contribution in [1.29, 1.82) is 0 Å². The molecule has 0 saturated carbocycles. The first-order chi connectivity index (χ1) is 11.2. The first-order valence-electron chi connectivity index (χ1n) is 7.25. The number of nitrogens with one attached hydrogen (secondary N) is 2. The van der Waals surface area contributed by atoms with Gasteiger partial charge in [-0.05, 0) is 25.1 Å². The van der Waals surface area contributed by atoms with Gasteiger partial charge in [-0.25, -0.2) is 4.98 Å². The highest BCUT2D eigenvalue weighted by atomic mass is 32.1. The van der Waals surface area contributed by atoms with Gasteiger partial charge in [0.25, 0.3) is 5.91 Å². The molecular formula is C16H16N4O2S. The molecule has 0 aliphatic rings. The molecule has 2 heterocycles. The van der Waals surface area contributed by atoms with E-state index in [0.717, 1.165) is 4.96 Å². The van der Waals surface area contributed by atoms with Crippen LogP contribution in [0.15, 0.2) is 42.0 Å². The lowest BCUT2D eigenvalue weighted by Gasteiger charge is -2.07. The van der Waals surface area contributed by atoms with Gasteiger partial charge in [-0.3, -0.25) is 14.0 Å². The Bertz CT molecular complexity index is 824. The van der Waals surface area contributed by atoms with Crippen LogP contribution >= 0.6 is 11.3 Å². The number of carbonyl (C=O) groups excluding carboxylic acids is 2. The van der Waals surface area contributed by atoms with Crippen LogP contribution < -0.4 is 10.6 Å². The number of thiazole rings is 1. The summed E-state index contributed by atoms with van der Waals surface area (Å²) in [6.45, 7) is 2.42. The summed E-state index contributed by atoms with van der Waals surface area (Å²) in [7, 11) is 0. The topological polar surface area (TPSA) is 75.5 Å². The van der Waals surface area contributed by atoms with Gasteiger partial charge in [-0.1, -0.05) is 6.07 Å². The maximum atomic E-state index is 12.1. The Morgan fingerprint density at radius 2 is 2.22 bits per heavy atom. The third-order valence-electron chi connectivity index (χ3n) is 3.23. The molecule has 0 spiro atoms. The molecule has 3 aromatic rings. The number of hydrogen-bond acceptors (Lipinski definition) is 4. The van der Waals surface area contributed by atoms with E-state index in [1.165, 1.54) is 11.3 Å². The quantitative estimate of drug-likeness (QED) is 0.755. The average Bonchev–Trinajstić information content (AvgIpc) is 3.08. The summed E-state index contributed by atoms with van der Waals surface area (Å²) in [5.41, 5.74) is 1.83. The van der Waals surface area contributed by atoms with E-state index in [-0.39, 0.29) is 18.2 Å². The lowest BCUT2D eigenvalue weighted by Crippen LogP contribution is -2.23. The van der Waals surface area contributed by atoms with E-state index < -0.39 is 0 Å². The fourth-order valence-corrected chi connectivity index (χ4v) is 2.95. The van der Waals surface area contributed by atoms with Crippen LogP contribution in [-0.2, 0) is 11.2 Å². The molecule has 0 unspecified atom stereocenters. The van der Waals surface area contributed by atoms with Gasteiger partial charge in [0.2, 0.25) is 5.91 Å². The summed E-state index contributed by atoms with van der Waals surface area (Å²) >= 11 is 1.52. The maximum Gasteiger partial charge on any atom is 0.251 e. The fourth-order valence-electron chi connectivity index (χ4n) is 2.23. The van der Waals surface area contributed by atoms with Gasteiger partial charge in [0.1, 0.15) is 0 Å². The normalized spacial score (nSPS) is 10.7. The van der Waals surface area contributed by atoms with E-state index in [4.69, 9.17) is 0 Å². The average molecular weight is 328 g/mol. The smallest absolute Gasteiger partial charge is 0.251 e. The SMILES string of the molecule is CCNC(=O)c1cccc(NC(=O)Cc2cn3ccsc3n2)c1. The molecule has 0 fully saturated rings. The number of amides is 2. The van der Waals surface area contributed by atoms with Crippen molar-refractivity contribution in [1.82, 2.24) is 14.7 Å². The van der Waals surface area contributed by atoms with E-state index >= 15 is 0 Å². The molecule has 2 N–H and O–H groups in total. The molecule has 0 atom stereocenters. The van der Waals surface area contributed by atoms with Crippen LogP contribution in [0.5, 0.6) is 0 Å². The number of fused-ring (bicyclic) bond motifs is 1. The monoisotopic (exact) mass is 328 g/mol. The van der Waals surface area contributed by atoms with Crippen LogP contribution in [0.4, 0.5) is 5.69 Å². The first kappa shape index (κ1) is 15.2. The lowest BCUT2D eigenvalue weighted by atomic mass is 10.2. The third kappa shape index (κ3) is 3.57. The number of anilines is 1. The van der Waals surface area contributed by atoms with Crippen molar-refractivity contribution in [3.8, 4) is 0 Å². The predicted molar refractivity (Wildman–Crippen MR) is 89.9 cm³/mol. The van der Waals surface area contributed by atoms with E-state index in [2.05, 4.69) is 15.6 Å². The lowest BCUT2D eigenvalue weighted by molar-refractivity contribution is -0.115. The summed E-state index contributed by atoms with van der Waals surface area (Å²) in [6, 6.07) is 6.87. The number of rotatable bonds is 5. The Morgan fingerprint density at radius 3 is 3.00 bits per heavy atom. The van der Waals surface area contributed by atoms with Crippen molar-refractivity contribution in [3.63, 3.8) is 0 Å². The van der Waals surface area contributed by atoms with Crippen molar-refractivity contribution in [2.45, 2.75) is 13.3 Å². The standard InChI is InChI=1S/C16H16N4O2S/c1-2-17-15(22)11-4-3-5-12(8-11)18-14(21)9-13-10-20-6-7-23-16(20)19-13/h3-8,10H,2,9H2,1H3,(H,17,22)(H,18,21). The van der Waals surface area contributed by atoms with Gasteiger partial charge in [-0.2, -0.15) is 0 Å². The first-order valence-corrected chi connectivity index (χ1v) is 8.13. The van der Waals surface area contributed by atoms with Crippen LogP contribution in [0, 0.1) is 0 Å². The zero-order valence-electron chi connectivity index (χ0n) is 12.6. The summed E-state index contributed by atoms with van der Waals surface area (Å²) in [4.78, 5) is 29.2. The van der Waals surface area contributed by atoms with Gasteiger partial charge in [0.15, 0.2) is 4.96 Å². The molecule has 6 nitrogen and oxygen atoms in total. The highest BCUT2D eigenvalue weighted by Gasteiger charge is 2.10. The Kier molecular flexibility index (Phi) is 4.38. The largest absolute Gasteiger partial charge is 0.352 e. The Hall–Kier alpha value is -2.67. The highest BCUT2D eigenvalue weighted by molar-refractivity contribution is 7.15. The van der Waals surface area contributed by atoms with E-state index in [1.807, 2.05) is 29.1 Å². The minimum Gasteiger partial charge on any atom is -0.352 e. The van der Waals surface area contributed by atoms with Crippen LogP contribution in [0.1, 0.15) is 23.0 Å². The minimum atomic E-state index is -0.163. The highest BCUT2D eigenvalue weighted by Crippen LogP contribution is 2.14. The molecule has 3 rings (SSSR count). The van der Waals surface area contributed by atoms with Gasteiger partial charge in [-0.15, -0.1) is 11.3 Å². The summed E-state index contributed by atoms with van der Waals surface area (Å²) in [5, 5.41) is 7.47. The van der Waals surface area contributed by atoms with Crippen molar-refractivity contribution in [2.75, 3.05) is 11.9 Å². The van der Waals surface area contributed by atoms with Crippen LogP contribution in [0.3, 0.4) is 0 Å². The second-order valence-corrected chi connectivity index (χ2v) is 5.86. The van der Waals surface area contributed by atoms with E-state index in [9.17, 15) is 9.59 Å². The third-order valence-corrected chi connectivity index (χ3v) is 4.00. The summed E-state index contributed by atoms with van der Waals surface area (Å²) in [5.74, 6) is -0.318. The number of benzene rings is 1. The van der Waals surface area contributed by atoms with Gasteiger partial charge < -0.3 is 10.6 Å². The van der Waals surface area contributed by atoms with Gasteiger partial charge in [0, 0.05) is 35.6 Å². The van der Waals surface area contributed by atoms with Crippen molar-refractivity contribution in [3.05, 3.63) is 53.3 Å². The zero-order valence-corrected chi connectivity index (χ0v) is 13.4. The molecule has 2 amide bonds. The van der Waals surface area contributed by atoms with E-state index in [1.54, 1.807) is 24.3 Å². The van der Waals surface area contributed by atoms with Crippen molar-refractivity contribution in [2.24, 2.45) is 0 Å². The second-order valence-electron chi connectivity index (χ2n) is 4.99. The summed E-state index contributed by atoms with van der Waals surface area (Å²) in [6.07, 6.45) is 3.94. The molecule has 23 heavy (non-hydrogen) atoms. The van der Waals surface area contributed by atoms with Gasteiger partial charge >= 0.3 is 0 Å². The Morgan fingerprint density at radius 1 is 1.35 bits per heavy atom. The van der Waals surface area contributed by atoms with Crippen LogP contribution in [0.2, 0.25) is 0 Å². The molecule has 1 aromatic carbocycles. The second kappa shape index (κ2) is 6.62. The van der Waals surface area contributed by atoms with Crippen LogP contribution in [0.25, 0.3) is 4.96 Å². The molecule has 0 aliphatic heterocycles. The predicted octanol–water partition coefficient (Wildman–Crippen LogP) is 2.33. The molecular weight excluding hydrogens is 312 g/mol. The Balaban J connectivity index is 1.66. The molecule has 0 bridgehead atoms. The number of carbonyl (C=O) groups is 2. The fraction of sp³-hybridized carbons (Fsp3) is 0.188. The number of nitrogens with zero attached hydrogens (tertiary/aromatic N) is 2. The molecule has 7 heteroatoms. The van der Waals surface area contributed by atoms with Crippen molar-refractivity contribution >= 4 is 33.8 Å². The van der Waals surface area contributed by atoms with Gasteiger partial charge in [0.05, 0.1) is 12.1 Å². The molecule has 0 saturated heterocycles. The number of aromatic nitrogens is 2. The number of hydrogen-bond donors (Lipinski definition) is 2. The molecule has 0 aliphatic carbocycles. The molecule has 2 aromatic heterocycles. The van der Waals surface area contributed by atoms with Crippen LogP contribution in [-0.4, -0.2) is 27.7 Å². The Labute approximate surface area is 137 Å². The molecule has 118 valence electrons. The minimum absolute atomic E-state index is 0.155. The maximum absolute atomic E-state index is 12.1. The number of imidazole rings is 1. The molecule has 0 radical (unpaired) electrons. The summed E-state index contributed by atoms with van der Waals surface area (Å²) < 4.78 is 1.89. The zero-order chi connectivity index (χ0) is 16.2.